The predicted molar refractivity (Wildman–Crippen MR) is 130 cm³/mol. The van der Waals surface area contributed by atoms with E-state index in [1.165, 1.54) is 16.2 Å². The standard InChI is InChI=1S/C24H23N3O4S2/c1-31-20-11-7-12-21-23(20)26-24(32-21)27(16-19-10-5-6-14-25-19)22(28)13-15-33(29,30)17-18-8-3-2-4-9-18/h2-12,14H,13,15-17H2,1H3. The number of thiazole rings is 1. The molecule has 1 amide bonds. The van der Waals surface area contributed by atoms with Gasteiger partial charge in [-0.2, -0.15) is 0 Å². The molecule has 0 bridgehead atoms. The summed E-state index contributed by atoms with van der Waals surface area (Å²) < 4.78 is 31.5. The Bertz CT molecular complexity index is 1340. The number of para-hydroxylation sites is 1. The van der Waals surface area contributed by atoms with Crippen molar-refractivity contribution in [2.45, 2.75) is 18.7 Å². The van der Waals surface area contributed by atoms with Crippen LogP contribution in [0.2, 0.25) is 0 Å². The number of carbonyl (C=O) groups is 1. The number of amides is 1. The molecule has 0 aliphatic rings. The molecule has 0 unspecified atom stereocenters. The van der Waals surface area contributed by atoms with Crippen molar-refractivity contribution in [3.05, 3.63) is 84.2 Å². The summed E-state index contributed by atoms with van der Waals surface area (Å²) in [6, 6.07) is 20.0. The number of carbonyl (C=O) groups excluding carboxylic acids is 1. The fraction of sp³-hybridized carbons (Fsp3) is 0.208. The van der Waals surface area contributed by atoms with Gasteiger partial charge in [0.05, 0.1) is 35.6 Å². The van der Waals surface area contributed by atoms with Gasteiger partial charge in [-0.15, -0.1) is 0 Å². The van der Waals surface area contributed by atoms with Crippen molar-refractivity contribution in [2.75, 3.05) is 17.8 Å². The molecule has 0 N–H and O–H groups in total. The molecular weight excluding hydrogens is 458 g/mol. The van der Waals surface area contributed by atoms with Crippen LogP contribution < -0.4 is 9.64 Å². The van der Waals surface area contributed by atoms with Crippen LogP contribution in [-0.2, 0) is 26.9 Å². The van der Waals surface area contributed by atoms with Gasteiger partial charge >= 0.3 is 0 Å². The van der Waals surface area contributed by atoms with Crippen LogP contribution in [0.4, 0.5) is 5.13 Å². The molecule has 4 aromatic rings. The Morgan fingerprint density at radius 3 is 2.55 bits per heavy atom. The van der Waals surface area contributed by atoms with E-state index in [4.69, 9.17) is 4.74 Å². The lowest BCUT2D eigenvalue weighted by molar-refractivity contribution is -0.118. The van der Waals surface area contributed by atoms with Gasteiger partial charge in [-0.3, -0.25) is 14.7 Å². The summed E-state index contributed by atoms with van der Waals surface area (Å²) in [5, 5.41) is 0.477. The molecule has 4 rings (SSSR count). The summed E-state index contributed by atoms with van der Waals surface area (Å²) in [5.41, 5.74) is 2.05. The highest BCUT2D eigenvalue weighted by Crippen LogP contribution is 2.34. The van der Waals surface area contributed by atoms with E-state index in [0.29, 0.717) is 27.7 Å². The van der Waals surface area contributed by atoms with Gasteiger partial charge in [0.1, 0.15) is 11.3 Å². The molecule has 0 spiro atoms. The third-order valence-corrected chi connectivity index (χ3v) is 7.67. The van der Waals surface area contributed by atoms with E-state index in [-0.39, 0.29) is 30.4 Å². The van der Waals surface area contributed by atoms with Gasteiger partial charge in [-0.05, 0) is 29.8 Å². The number of benzene rings is 2. The lowest BCUT2D eigenvalue weighted by Gasteiger charge is -2.19. The van der Waals surface area contributed by atoms with E-state index in [0.717, 1.165) is 4.70 Å². The summed E-state index contributed by atoms with van der Waals surface area (Å²) in [4.78, 5) is 23.7. The van der Waals surface area contributed by atoms with Crippen LogP contribution >= 0.6 is 11.3 Å². The van der Waals surface area contributed by atoms with Crippen LogP contribution in [0, 0.1) is 0 Å². The molecule has 9 heteroatoms. The average Bonchev–Trinajstić information content (AvgIpc) is 3.26. The number of methoxy groups -OCH3 is 1. The van der Waals surface area contributed by atoms with E-state index in [2.05, 4.69) is 9.97 Å². The van der Waals surface area contributed by atoms with Crippen LogP contribution in [0.25, 0.3) is 10.2 Å². The van der Waals surface area contributed by atoms with E-state index in [1.54, 1.807) is 43.6 Å². The van der Waals surface area contributed by atoms with Crippen molar-refractivity contribution in [3.63, 3.8) is 0 Å². The predicted octanol–water partition coefficient (Wildman–Crippen LogP) is 4.24. The number of fused-ring (bicyclic) bond motifs is 1. The van der Waals surface area contributed by atoms with Crippen LogP contribution in [0.1, 0.15) is 17.7 Å². The van der Waals surface area contributed by atoms with Gasteiger partial charge in [0.2, 0.25) is 5.91 Å². The third-order valence-electron chi connectivity index (χ3n) is 5.03. The minimum absolute atomic E-state index is 0.0975. The van der Waals surface area contributed by atoms with Gasteiger partial charge in [0.15, 0.2) is 15.0 Å². The fourth-order valence-electron chi connectivity index (χ4n) is 3.39. The van der Waals surface area contributed by atoms with Crippen molar-refractivity contribution >= 4 is 42.4 Å². The van der Waals surface area contributed by atoms with Crippen LogP contribution in [0.15, 0.2) is 72.9 Å². The minimum atomic E-state index is -3.45. The molecule has 2 aromatic carbocycles. The summed E-state index contributed by atoms with van der Waals surface area (Å²) in [5.74, 6) is -0.0473. The van der Waals surface area contributed by atoms with Gasteiger partial charge < -0.3 is 4.74 Å². The summed E-state index contributed by atoms with van der Waals surface area (Å²) in [6.45, 7) is 0.195. The average molecular weight is 482 g/mol. The maximum atomic E-state index is 13.2. The third kappa shape index (κ3) is 5.74. The number of sulfone groups is 1. The number of pyridine rings is 1. The van der Waals surface area contributed by atoms with Gasteiger partial charge in [-0.25, -0.2) is 13.4 Å². The first-order valence-corrected chi connectivity index (χ1v) is 13.0. The molecular formula is C24H23N3O4S2. The summed E-state index contributed by atoms with van der Waals surface area (Å²) in [7, 11) is -1.88. The molecule has 2 aromatic heterocycles. The van der Waals surface area contributed by atoms with E-state index >= 15 is 0 Å². The summed E-state index contributed by atoms with van der Waals surface area (Å²) >= 11 is 1.36. The maximum absolute atomic E-state index is 13.2. The van der Waals surface area contributed by atoms with Gasteiger partial charge in [-0.1, -0.05) is 53.8 Å². The second-order valence-electron chi connectivity index (χ2n) is 7.43. The van der Waals surface area contributed by atoms with Crippen LogP contribution in [0.5, 0.6) is 5.75 Å². The molecule has 0 saturated heterocycles. The molecule has 0 aliphatic heterocycles. The number of hydrogen-bond acceptors (Lipinski definition) is 7. The Morgan fingerprint density at radius 1 is 1.03 bits per heavy atom. The van der Waals surface area contributed by atoms with E-state index < -0.39 is 9.84 Å². The number of nitrogens with zero attached hydrogens (tertiary/aromatic N) is 3. The SMILES string of the molecule is COc1cccc2sc(N(Cc3ccccn3)C(=O)CCS(=O)(=O)Cc3ccccc3)nc12. The second kappa shape index (κ2) is 10.1. The first-order chi connectivity index (χ1) is 15.9. The number of anilines is 1. The first-order valence-electron chi connectivity index (χ1n) is 10.3. The number of aromatic nitrogens is 2. The zero-order chi connectivity index (χ0) is 23.3. The van der Waals surface area contributed by atoms with Crippen molar-refractivity contribution in [1.82, 2.24) is 9.97 Å². The fourth-order valence-corrected chi connectivity index (χ4v) is 5.72. The van der Waals surface area contributed by atoms with E-state index in [1.807, 2.05) is 36.4 Å². The molecule has 2 heterocycles. The zero-order valence-corrected chi connectivity index (χ0v) is 19.7. The Morgan fingerprint density at radius 2 is 1.82 bits per heavy atom. The Balaban J connectivity index is 1.57. The normalized spacial score (nSPS) is 11.4. The van der Waals surface area contributed by atoms with Crippen molar-refractivity contribution in [2.24, 2.45) is 0 Å². The number of hydrogen-bond donors (Lipinski definition) is 0. The van der Waals surface area contributed by atoms with Crippen LogP contribution in [-0.4, -0.2) is 37.2 Å². The zero-order valence-electron chi connectivity index (χ0n) is 18.0. The van der Waals surface area contributed by atoms with E-state index in [9.17, 15) is 13.2 Å². The van der Waals surface area contributed by atoms with Crippen molar-refractivity contribution in [3.8, 4) is 5.75 Å². The highest BCUT2D eigenvalue weighted by molar-refractivity contribution is 7.90. The quantitative estimate of drug-likeness (QED) is 0.355. The molecule has 0 atom stereocenters. The lowest BCUT2D eigenvalue weighted by Crippen LogP contribution is -2.32. The molecule has 7 nitrogen and oxygen atoms in total. The molecule has 33 heavy (non-hydrogen) atoms. The molecule has 0 fully saturated rings. The Labute approximate surface area is 196 Å². The summed E-state index contributed by atoms with van der Waals surface area (Å²) in [6.07, 6.45) is 1.51. The molecule has 170 valence electrons. The lowest BCUT2D eigenvalue weighted by atomic mass is 10.2. The number of ether oxygens (including phenoxy) is 1. The highest BCUT2D eigenvalue weighted by atomic mass is 32.2. The topological polar surface area (TPSA) is 89.5 Å². The van der Waals surface area contributed by atoms with Crippen molar-refractivity contribution in [1.29, 1.82) is 0 Å². The molecule has 0 aliphatic carbocycles. The van der Waals surface area contributed by atoms with Gasteiger partial charge in [0.25, 0.3) is 0 Å². The number of rotatable bonds is 9. The van der Waals surface area contributed by atoms with Crippen LogP contribution in [0.3, 0.4) is 0 Å². The Hall–Kier alpha value is -3.30. The maximum Gasteiger partial charge on any atom is 0.230 e. The smallest absolute Gasteiger partial charge is 0.230 e. The van der Waals surface area contributed by atoms with Crippen molar-refractivity contribution < 1.29 is 17.9 Å². The highest BCUT2D eigenvalue weighted by Gasteiger charge is 2.24. The minimum Gasteiger partial charge on any atom is -0.494 e. The molecule has 0 saturated carbocycles. The molecule has 0 radical (unpaired) electrons. The monoisotopic (exact) mass is 481 g/mol. The Kier molecular flexibility index (Phi) is 7.00. The largest absolute Gasteiger partial charge is 0.494 e. The van der Waals surface area contributed by atoms with Gasteiger partial charge in [0, 0.05) is 12.6 Å². The second-order valence-corrected chi connectivity index (χ2v) is 10.6. The first kappa shape index (κ1) is 22.9.